The number of nitrogens with two attached hydrogens (primary N) is 1. The molecule has 1 fully saturated rings. The number of likely N-dealkylation sites (tertiary alicyclic amines) is 1. The van der Waals surface area contributed by atoms with Gasteiger partial charge in [0.25, 0.3) is 0 Å². The van der Waals surface area contributed by atoms with Crippen LogP contribution in [0.2, 0.25) is 0 Å². The van der Waals surface area contributed by atoms with E-state index in [0.29, 0.717) is 53.7 Å². The number of aliphatic hydroxyl groups excluding tert-OH is 1. The van der Waals surface area contributed by atoms with Crippen molar-refractivity contribution >= 4 is 28.7 Å². The van der Waals surface area contributed by atoms with E-state index in [1.54, 1.807) is 51.2 Å². The molecular formula is C33H40N4O7. The van der Waals surface area contributed by atoms with E-state index < -0.39 is 22.8 Å². The minimum Gasteiger partial charge on any atom is -0.482 e. The van der Waals surface area contributed by atoms with Crippen molar-refractivity contribution in [1.82, 2.24) is 15.2 Å². The zero-order valence-corrected chi connectivity index (χ0v) is 25.6. The Morgan fingerprint density at radius 1 is 1.25 bits per heavy atom. The van der Waals surface area contributed by atoms with Crippen molar-refractivity contribution in [2.24, 2.45) is 5.92 Å². The number of pyridine rings is 1. The van der Waals surface area contributed by atoms with E-state index in [0.717, 1.165) is 23.1 Å². The Kier molecular flexibility index (Phi) is 8.80. The van der Waals surface area contributed by atoms with Crippen LogP contribution in [0.1, 0.15) is 43.9 Å². The van der Waals surface area contributed by atoms with E-state index in [2.05, 4.69) is 10.3 Å². The number of nitrogens with zero attached hydrogens (tertiary/aromatic N) is 2. The number of hydrogen-bond donors (Lipinski definition) is 3. The lowest BCUT2D eigenvalue weighted by molar-refractivity contribution is -0.174. The SMILES string of the molecule is C/C=C(\CCO)C(=O)OC(C)(C)[C@]1(Cc2cc(N)ncc2CC(=O)N2CC(CNC)C2)Cc2cc3ccc(=O)oc3cc2O1. The topological polar surface area (TPSA) is 157 Å². The highest BCUT2D eigenvalue weighted by atomic mass is 16.6. The third-order valence-electron chi connectivity index (χ3n) is 8.75. The van der Waals surface area contributed by atoms with Crippen LogP contribution in [-0.4, -0.2) is 71.4 Å². The first kappa shape index (κ1) is 31.2. The standard InChI is InChI=1S/C33H40N4O7/c1-5-21(8-9-38)31(41)44-32(2,3)33(15-24-10-22-6-7-30(40)42-26(22)13-27(24)43-33)14-23-11-28(34)36-17-25(23)12-29(39)37-18-20(19-37)16-35-4/h5-7,10-11,13,17,20,35,38H,8-9,12,14-16,18-19H2,1-4H3,(H2,34,36)/b21-5+/t33-/m0/s1. The minimum absolute atomic E-state index is 0.00328. The van der Waals surface area contributed by atoms with Crippen LogP contribution in [0, 0.1) is 5.92 Å². The van der Waals surface area contributed by atoms with Crippen LogP contribution in [0.3, 0.4) is 0 Å². The van der Waals surface area contributed by atoms with Crippen LogP contribution in [-0.2, 0) is 33.6 Å². The smallest absolute Gasteiger partial charge is 0.336 e. The summed E-state index contributed by atoms with van der Waals surface area (Å²) in [5.41, 5.74) is 6.40. The van der Waals surface area contributed by atoms with Crippen molar-refractivity contribution in [3.63, 3.8) is 0 Å². The van der Waals surface area contributed by atoms with Gasteiger partial charge in [-0.15, -0.1) is 0 Å². The maximum absolute atomic E-state index is 13.3. The molecule has 2 aliphatic rings. The van der Waals surface area contributed by atoms with Gasteiger partial charge in [-0.1, -0.05) is 6.08 Å². The first-order chi connectivity index (χ1) is 21.0. The van der Waals surface area contributed by atoms with Gasteiger partial charge >= 0.3 is 11.6 Å². The van der Waals surface area contributed by atoms with E-state index in [1.165, 1.54) is 6.07 Å². The molecule has 4 heterocycles. The molecule has 5 rings (SSSR count). The summed E-state index contributed by atoms with van der Waals surface area (Å²) < 4.78 is 18.3. The van der Waals surface area contributed by atoms with Crippen LogP contribution in [0.15, 0.2) is 57.4 Å². The molecule has 3 aromatic rings. The molecule has 1 aromatic carbocycles. The number of aromatic nitrogens is 1. The highest BCUT2D eigenvalue weighted by molar-refractivity contribution is 5.88. The summed E-state index contributed by atoms with van der Waals surface area (Å²) in [4.78, 5) is 44.6. The molecule has 0 aliphatic carbocycles. The van der Waals surface area contributed by atoms with Crippen LogP contribution in [0.4, 0.5) is 5.82 Å². The van der Waals surface area contributed by atoms with Crippen LogP contribution in [0.25, 0.3) is 11.0 Å². The van der Waals surface area contributed by atoms with Gasteiger partial charge in [-0.3, -0.25) is 4.79 Å². The number of carbonyl (C=O) groups is 2. The molecule has 44 heavy (non-hydrogen) atoms. The predicted octanol–water partition coefficient (Wildman–Crippen LogP) is 2.56. The van der Waals surface area contributed by atoms with Gasteiger partial charge < -0.3 is 34.9 Å². The number of carbonyl (C=O) groups excluding carboxylic acids is 2. The molecule has 1 atom stereocenters. The molecule has 1 saturated heterocycles. The molecule has 11 nitrogen and oxygen atoms in total. The summed E-state index contributed by atoms with van der Waals surface area (Å²) in [6, 6.07) is 8.40. The fourth-order valence-corrected chi connectivity index (χ4v) is 6.09. The summed E-state index contributed by atoms with van der Waals surface area (Å²) in [6.07, 6.45) is 4.16. The number of aliphatic hydroxyl groups is 1. The van der Waals surface area contributed by atoms with E-state index in [4.69, 9.17) is 19.6 Å². The Bertz CT molecular complexity index is 1660. The zero-order chi connectivity index (χ0) is 31.6. The summed E-state index contributed by atoms with van der Waals surface area (Å²) in [6.45, 7) is 7.37. The molecule has 0 radical (unpaired) electrons. The minimum atomic E-state index is -1.21. The Labute approximate surface area is 256 Å². The molecule has 234 valence electrons. The summed E-state index contributed by atoms with van der Waals surface area (Å²) >= 11 is 0. The van der Waals surface area contributed by atoms with E-state index >= 15 is 0 Å². The maximum Gasteiger partial charge on any atom is 0.336 e. The van der Waals surface area contributed by atoms with Crippen molar-refractivity contribution in [2.75, 3.05) is 39.0 Å². The van der Waals surface area contributed by atoms with Crippen molar-refractivity contribution in [2.45, 2.75) is 57.7 Å². The largest absolute Gasteiger partial charge is 0.482 e. The number of fused-ring (bicyclic) bond motifs is 2. The van der Waals surface area contributed by atoms with E-state index in [9.17, 15) is 19.5 Å². The fraction of sp³-hybridized carbons (Fsp3) is 0.455. The average Bonchev–Trinajstić information content (AvgIpc) is 3.31. The van der Waals surface area contributed by atoms with E-state index in [1.807, 2.05) is 18.0 Å². The highest BCUT2D eigenvalue weighted by Crippen LogP contribution is 2.46. The molecule has 1 amide bonds. The van der Waals surface area contributed by atoms with Crippen molar-refractivity contribution in [3.05, 3.63) is 75.3 Å². The number of amides is 1. The number of rotatable bonds is 11. The van der Waals surface area contributed by atoms with Gasteiger partial charge in [0.05, 0.1) is 6.42 Å². The molecule has 0 saturated carbocycles. The average molecular weight is 605 g/mol. The van der Waals surface area contributed by atoms with Gasteiger partial charge in [0.1, 0.15) is 22.8 Å². The number of nitrogen functional groups attached to an aromatic ring is 1. The highest BCUT2D eigenvalue weighted by Gasteiger charge is 2.54. The third-order valence-corrected chi connectivity index (χ3v) is 8.75. The Morgan fingerprint density at radius 2 is 2.02 bits per heavy atom. The van der Waals surface area contributed by atoms with Gasteiger partial charge in [-0.05, 0) is 62.7 Å². The van der Waals surface area contributed by atoms with Gasteiger partial charge in [-0.2, -0.15) is 0 Å². The monoisotopic (exact) mass is 604 g/mol. The number of allylic oxidation sites excluding steroid dienone is 1. The Morgan fingerprint density at radius 3 is 2.73 bits per heavy atom. The fourth-order valence-electron chi connectivity index (χ4n) is 6.09. The number of ether oxygens (including phenoxy) is 2. The van der Waals surface area contributed by atoms with E-state index in [-0.39, 0.29) is 31.8 Å². The van der Waals surface area contributed by atoms with Crippen LogP contribution >= 0.6 is 0 Å². The molecule has 0 bridgehead atoms. The molecule has 2 aliphatic heterocycles. The molecule has 11 heteroatoms. The van der Waals surface area contributed by atoms with Gasteiger partial charge in [0.2, 0.25) is 5.91 Å². The molecule has 0 unspecified atom stereocenters. The molecule has 0 spiro atoms. The lowest BCUT2D eigenvalue weighted by Crippen LogP contribution is -2.58. The number of benzene rings is 1. The number of esters is 1. The first-order valence-electron chi connectivity index (χ1n) is 14.9. The maximum atomic E-state index is 13.3. The zero-order valence-electron chi connectivity index (χ0n) is 25.6. The van der Waals surface area contributed by atoms with Crippen molar-refractivity contribution in [3.8, 4) is 5.75 Å². The van der Waals surface area contributed by atoms with Gasteiger partial charge in [-0.25, -0.2) is 14.6 Å². The van der Waals surface area contributed by atoms with Gasteiger partial charge in [0, 0.05) is 80.7 Å². The lowest BCUT2D eigenvalue weighted by atomic mass is 9.76. The normalized spacial score (nSPS) is 18.6. The summed E-state index contributed by atoms with van der Waals surface area (Å²) in [5, 5.41) is 13.4. The van der Waals surface area contributed by atoms with Crippen LogP contribution in [0.5, 0.6) is 5.75 Å². The number of nitrogens with one attached hydrogen (secondary N) is 1. The second-order valence-electron chi connectivity index (χ2n) is 12.2. The molecular weight excluding hydrogens is 564 g/mol. The summed E-state index contributed by atoms with van der Waals surface area (Å²) in [7, 11) is 1.90. The Balaban J connectivity index is 1.51. The second kappa shape index (κ2) is 12.4. The predicted molar refractivity (Wildman–Crippen MR) is 165 cm³/mol. The van der Waals surface area contributed by atoms with Crippen LogP contribution < -0.4 is 21.4 Å². The lowest BCUT2D eigenvalue weighted by Gasteiger charge is -2.43. The van der Waals surface area contributed by atoms with Crippen molar-refractivity contribution < 1.29 is 28.6 Å². The first-order valence-corrected chi connectivity index (χ1v) is 14.9. The number of hydrogen-bond acceptors (Lipinski definition) is 10. The molecule has 2 aromatic heterocycles. The third kappa shape index (κ3) is 6.20. The Hall–Kier alpha value is -4.22. The molecule has 4 N–H and O–H groups in total. The quantitative estimate of drug-likeness (QED) is 0.169. The van der Waals surface area contributed by atoms with Gasteiger partial charge in [0.15, 0.2) is 5.60 Å². The second-order valence-corrected chi connectivity index (χ2v) is 12.2. The summed E-state index contributed by atoms with van der Waals surface area (Å²) in [5.74, 6) is 0.684. The van der Waals surface area contributed by atoms with Crippen molar-refractivity contribution in [1.29, 1.82) is 0 Å². The number of anilines is 1.